The van der Waals surface area contributed by atoms with Gasteiger partial charge in [-0.25, -0.2) is 0 Å². The highest BCUT2D eigenvalue weighted by molar-refractivity contribution is 5.87. The number of nitrogens with zero attached hydrogens (tertiary/aromatic N) is 1. The lowest BCUT2D eigenvalue weighted by molar-refractivity contribution is 0.106. The van der Waals surface area contributed by atoms with Crippen LogP contribution in [0.2, 0.25) is 0 Å². The van der Waals surface area contributed by atoms with Crippen LogP contribution in [0.4, 0.5) is 0 Å². The van der Waals surface area contributed by atoms with E-state index in [2.05, 4.69) is 4.98 Å². The van der Waals surface area contributed by atoms with Gasteiger partial charge in [-0.15, -0.1) is 0 Å². The number of hydrogen-bond acceptors (Lipinski definition) is 3. The van der Waals surface area contributed by atoms with Crippen molar-refractivity contribution in [3.63, 3.8) is 0 Å². The summed E-state index contributed by atoms with van der Waals surface area (Å²) in [5.41, 5.74) is 0.939. The molecule has 0 fully saturated rings. The Kier molecular flexibility index (Phi) is 1.78. The molecule has 3 heteroatoms. The van der Waals surface area contributed by atoms with Crippen LogP contribution in [0.5, 0.6) is 11.5 Å². The zero-order valence-corrected chi connectivity index (χ0v) is 8.43. The molecule has 0 saturated heterocycles. The number of benzene rings is 1. The Balaban J connectivity index is 2.28. The van der Waals surface area contributed by atoms with Crippen molar-refractivity contribution in [3.05, 3.63) is 30.5 Å². The minimum atomic E-state index is 0.100. The molecule has 76 valence electrons. The summed E-state index contributed by atoms with van der Waals surface area (Å²) in [6, 6.07) is 7.78. The van der Waals surface area contributed by atoms with E-state index in [1.807, 2.05) is 31.2 Å². The van der Waals surface area contributed by atoms with E-state index in [0.717, 1.165) is 22.4 Å². The Labute approximate surface area is 87.6 Å². The monoisotopic (exact) mass is 201 g/mol. The molecule has 1 unspecified atom stereocenters. The minimum Gasteiger partial charge on any atom is -0.486 e. The van der Waals surface area contributed by atoms with Crippen molar-refractivity contribution in [3.8, 4) is 11.5 Å². The second kappa shape index (κ2) is 3.12. The van der Waals surface area contributed by atoms with E-state index in [9.17, 15) is 0 Å². The van der Waals surface area contributed by atoms with E-state index in [1.54, 1.807) is 6.20 Å². The Morgan fingerprint density at radius 1 is 1.33 bits per heavy atom. The second-order valence-corrected chi connectivity index (χ2v) is 3.70. The van der Waals surface area contributed by atoms with Gasteiger partial charge in [-0.3, -0.25) is 4.98 Å². The smallest absolute Gasteiger partial charge is 0.171 e. The third-order valence-corrected chi connectivity index (χ3v) is 2.49. The minimum absolute atomic E-state index is 0.100. The van der Waals surface area contributed by atoms with Crippen molar-refractivity contribution in [1.82, 2.24) is 4.98 Å². The molecular weight excluding hydrogens is 190 g/mol. The summed E-state index contributed by atoms with van der Waals surface area (Å²) in [4.78, 5) is 4.28. The molecule has 3 rings (SSSR count). The highest BCUT2D eigenvalue weighted by Crippen LogP contribution is 2.37. The third-order valence-electron chi connectivity index (χ3n) is 2.49. The Morgan fingerprint density at radius 3 is 3.20 bits per heavy atom. The predicted molar refractivity (Wildman–Crippen MR) is 57.3 cm³/mol. The first-order chi connectivity index (χ1) is 7.34. The van der Waals surface area contributed by atoms with Crippen LogP contribution in [-0.2, 0) is 0 Å². The molecule has 15 heavy (non-hydrogen) atoms. The second-order valence-electron chi connectivity index (χ2n) is 3.70. The topological polar surface area (TPSA) is 31.4 Å². The highest BCUT2D eigenvalue weighted by Gasteiger charge is 2.19. The molecule has 0 N–H and O–H groups in total. The van der Waals surface area contributed by atoms with Gasteiger partial charge >= 0.3 is 0 Å². The summed E-state index contributed by atoms with van der Waals surface area (Å²) in [5.74, 6) is 1.63. The van der Waals surface area contributed by atoms with E-state index >= 15 is 0 Å². The van der Waals surface area contributed by atoms with Gasteiger partial charge < -0.3 is 9.47 Å². The molecule has 0 aliphatic carbocycles. The van der Waals surface area contributed by atoms with Crippen molar-refractivity contribution in [2.75, 3.05) is 6.61 Å². The average Bonchev–Trinajstić information content (AvgIpc) is 2.29. The largest absolute Gasteiger partial charge is 0.486 e. The number of fused-ring (bicyclic) bond motifs is 3. The summed E-state index contributed by atoms with van der Waals surface area (Å²) in [6.07, 6.45) is 1.88. The van der Waals surface area contributed by atoms with Gasteiger partial charge in [-0.05, 0) is 31.2 Å². The van der Waals surface area contributed by atoms with Crippen molar-refractivity contribution in [2.24, 2.45) is 0 Å². The highest BCUT2D eigenvalue weighted by atomic mass is 16.6. The van der Waals surface area contributed by atoms with E-state index < -0.39 is 0 Å². The fraction of sp³-hybridized carbons (Fsp3) is 0.250. The van der Waals surface area contributed by atoms with Gasteiger partial charge in [0.25, 0.3) is 0 Å². The SMILES string of the molecule is CC1COc2ccc3ncccc3c2O1. The number of rotatable bonds is 0. The molecule has 0 bridgehead atoms. The van der Waals surface area contributed by atoms with E-state index in [1.165, 1.54) is 0 Å². The number of pyridine rings is 1. The van der Waals surface area contributed by atoms with Crippen LogP contribution in [0.15, 0.2) is 30.5 Å². The van der Waals surface area contributed by atoms with E-state index in [-0.39, 0.29) is 6.10 Å². The maximum atomic E-state index is 5.78. The molecule has 3 nitrogen and oxygen atoms in total. The number of aromatic nitrogens is 1. The van der Waals surface area contributed by atoms with Gasteiger partial charge in [0.15, 0.2) is 11.5 Å². The van der Waals surface area contributed by atoms with Gasteiger partial charge in [0.05, 0.1) is 5.52 Å². The Morgan fingerprint density at radius 2 is 2.27 bits per heavy atom. The molecule has 1 aliphatic rings. The standard InChI is InChI=1S/C12H11NO2/c1-8-7-14-11-5-4-10-9(12(11)15-8)3-2-6-13-10/h2-6,8H,7H2,1H3. The van der Waals surface area contributed by atoms with E-state index in [4.69, 9.17) is 9.47 Å². The van der Waals surface area contributed by atoms with Gasteiger partial charge in [-0.1, -0.05) is 0 Å². The van der Waals surface area contributed by atoms with Crippen molar-refractivity contribution in [1.29, 1.82) is 0 Å². The van der Waals surface area contributed by atoms with Crippen LogP contribution in [0.1, 0.15) is 6.92 Å². The van der Waals surface area contributed by atoms with Crippen molar-refractivity contribution in [2.45, 2.75) is 13.0 Å². The lowest BCUT2D eigenvalue weighted by atomic mass is 10.1. The zero-order chi connectivity index (χ0) is 10.3. The maximum Gasteiger partial charge on any atom is 0.171 e. The quantitative estimate of drug-likeness (QED) is 0.655. The van der Waals surface area contributed by atoms with Gasteiger partial charge in [-0.2, -0.15) is 0 Å². The fourth-order valence-corrected chi connectivity index (χ4v) is 1.78. The summed E-state index contributed by atoms with van der Waals surface area (Å²) in [6.45, 7) is 2.61. The Hall–Kier alpha value is -1.77. The molecule has 2 aromatic rings. The van der Waals surface area contributed by atoms with Gasteiger partial charge in [0, 0.05) is 11.6 Å². The molecule has 0 radical (unpaired) electrons. The van der Waals surface area contributed by atoms with Crippen molar-refractivity contribution >= 4 is 10.9 Å². The molecule has 1 atom stereocenters. The predicted octanol–water partition coefficient (Wildman–Crippen LogP) is 2.39. The summed E-state index contributed by atoms with van der Waals surface area (Å²) >= 11 is 0. The first kappa shape index (κ1) is 8.53. The van der Waals surface area contributed by atoms with Crippen LogP contribution < -0.4 is 9.47 Å². The molecule has 1 aliphatic heterocycles. The molecule has 1 aromatic heterocycles. The van der Waals surface area contributed by atoms with Gasteiger partial charge in [0.1, 0.15) is 12.7 Å². The maximum absolute atomic E-state index is 5.78. The number of hydrogen-bond donors (Lipinski definition) is 0. The first-order valence-corrected chi connectivity index (χ1v) is 5.02. The Bertz CT molecular complexity index is 510. The van der Waals surface area contributed by atoms with E-state index in [0.29, 0.717) is 6.61 Å². The lowest BCUT2D eigenvalue weighted by Gasteiger charge is -2.24. The van der Waals surface area contributed by atoms with Crippen LogP contribution in [0.25, 0.3) is 10.9 Å². The van der Waals surface area contributed by atoms with Gasteiger partial charge in [0.2, 0.25) is 0 Å². The van der Waals surface area contributed by atoms with Crippen LogP contribution >= 0.6 is 0 Å². The molecule has 0 amide bonds. The molecule has 0 saturated carbocycles. The normalized spacial score (nSPS) is 19.1. The molecular formula is C12H11NO2. The van der Waals surface area contributed by atoms with Crippen LogP contribution in [0.3, 0.4) is 0 Å². The molecule has 1 aromatic carbocycles. The summed E-state index contributed by atoms with van der Waals surface area (Å²) in [5, 5.41) is 1.02. The van der Waals surface area contributed by atoms with Crippen LogP contribution in [-0.4, -0.2) is 17.7 Å². The van der Waals surface area contributed by atoms with Crippen LogP contribution in [0, 0.1) is 0 Å². The molecule has 0 spiro atoms. The average molecular weight is 201 g/mol. The van der Waals surface area contributed by atoms with Crippen molar-refractivity contribution < 1.29 is 9.47 Å². The molecule has 2 heterocycles. The fourth-order valence-electron chi connectivity index (χ4n) is 1.78. The lowest BCUT2D eigenvalue weighted by Crippen LogP contribution is -2.25. The first-order valence-electron chi connectivity index (χ1n) is 5.02. The number of ether oxygens (including phenoxy) is 2. The summed E-state index contributed by atoms with van der Waals surface area (Å²) < 4.78 is 11.4. The zero-order valence-electron chi connectivity index (χ0n) is 8.43. The third kappa shape index (κ3) is 1.31. The summed E-state index contributed by atoms with van der Waals surface area (Å²) in [7, 11) is 0.